The summed E-state index contributed by atoms with van der Waals surface area (Å²) in [4.78, 5) is 5.88. The van der Waals surface area contributed by atoms with Gasteiger partial charge in [0.1, 0.15) is 11.7 Å². The first kappa shape index (κ1) is 8.87. The van der Waals surface area contributed by atoms with Crippen LogP contribution in [-0.2, 0) is 0 Å². The van der Waals surface area contributed by atoms with E-state index in [4.69, 9.17) is 5.41 Å². The largest absolute Gasteiger partial charge is 0.287 e. The maximum Gasteiger partial charge on any atom is 0.133 e. The average Bonchev–Trinajstić information content (AvgIpc) is 1.63. The predicted molar refractivity (Wildman–Crippen MR) is 48.9 cm³/mol. The Morgan fingerprint density at radius 3 is 2.33 bits per heavy atom. The van der Waals surface area contributed by atoms with Crippen molar-refractivity contribution in [2.24, 2.45) is 8.14 Å². The lowest BCUT2D eigenvalue weighted by molar-refractivity contribution is 1.39. The van der Waals surface area contributed by atoms with E-state index in [2.05, 4.69) is 13.1 Å². The average molecular weight is 239 g/mol. The smallest absolute Gasteiger partial charge is 0.133 e. The highest BCUT2D eigenvalue weighted by molar-refractivity contribution is 14.2. The third-order valence-electron chi connectivity index (χ3n) is 0.536. The summed E-state index contributed by atoms with van der Waals surface area (Å²) in [7, 11) is 0. The van der Waals surface area contributed by atoms with Crippen molar-refractivity contribution < 1.29 is 0 Å². The number of halogens is 1. The minimum Gasteiger partial charge on any atom is -0.287 e. The van der Waals surface area contributed by atoms with Crippen LogP contribution in [0.25, 0.3) is 0 Å². The highest BCUT2D eigenvalue weighted by Gasteiger charge is 1.82. The van der Waals surface area contributed by atoms with Gasteiger partial charge in [0.05, 0.1) is 0 Å². The summed E-state index contributed by atoms with van der Waals surface area (Å²) in [6.07, 6.45) is 0. The zero-order valence-corrected chi connectivity index (χ0v) is 7.93. The molecule has 0 unspecified atom stereocenters. The van der Waals surface area contributed by atoms with Gasteiger partial charge in [-0.3, -0.25) is 5.41 Å². The van der Waals surface area contributed by atoms with E-state index < -0.39 is 0 Å². The molecule has 0 aromatic heterocycles. The summed E-state index contributed by atoms with van der Waals surface area (Å²) in [5, 5.41) is 6.97. The summed E-state index contributed by atoms with van der Waals surface area (Å²) in [6.45, 7) is 3.47. The second-order valence-corrected chi connectivity index (χ2v) is 2.95. The highest BCUT2D eigenvalue weighted by atomic mass is 127. The van der Waals surface area contributed by atoms with Crippen molar-refractivity contribution in [2.45, 2.75) is 13.8 Å². The Bertz CT molecular complexity index is 160. The predicted octanol–water partition coefficient (Wildman–Crippen LogP) is 2.19. The number of aliphatic imine (C=N–C) groups is 1. The van der Waals surface area contributed by atoms with Gasteiger partial charge in [-0.05, 0) is 34.9 Å². The number of alkyl halides is 1. The molecule has 0 amide bonds. The SMILES string of the molecule is CI=NC(C)=NC(C)=N. The minimum atomic E-state index is -0.0672. The zero-order chi connectivity index (χ0) is 7.28. The maximum atomic E-state index is 6.97. The second-order valence-electron chi connectivity index (χ2n) is 1.50. The van der Waals surface area contributed by atoms with E-state index >= 15 is 0 Å². The van der Waals surface area contributed by atoms with Crippen LogP contribution < -0.4 is 0 Å². The Labute approximate surface area is 65.2 Å². The molecule has 9 heavy (non-hydrogen) atoms. The number of nitrogens with one attached hydrogen (secondary N) is 1. The molecule has 0 aliphatic rings. The molecule has 0 heterocycles. The van der Waals surface area contributed by atoms with E-state index in [-0.39, 0.29) is 21.0 Å². The van der Waals surface area contributed by atoms with E-state index in [1.165, 1.54) is 0 Å². The van der Waals surface area contributed by atoms with Crippen LogP contribution in [0.15, 0.2) is 8.14 Å². The van der Waals surface area contributed by atoms with Gasteiger partial charge in [-0.2, -0.15) is 0 Å². The molecular weight excluding hydrogens is 229 g/mol. The van der Waals surface area contributed by atoms with Gasteiger partial charge in [0.25, 0.3) is 0 Å². The van der Waals surface area contributed by atoms with Crippen LogP contribution in [0.5, 0.6) is 0 Å². The fourth-order valence-corrected chi connectivity index (χ4v) is 1.19. The lowest BCUT2D eigenvalue weighted by Crippen LogP contribution is -1.88. The van der Waals surface area contributed by atoms with Gasteiger partial charge >= 0.3 is 0 Å². The first-order chi connectivity index (χ1) is 4.16. The van der Waals surface area contributed by atoms with Crippen molar-refractivity contribution in [2.75, 3.05) is 4.93 Å². The minimum absolute atomic E-state index is 0.0672. The van der Waals surface area contributed by atoms with E-state index in [0.717, 1.165) is 5.84 Å². The molecule has 0 bridgehead atoms. The maximum absolute atomic E-state index is 6.97. The van der Waals surface area contributed by atoms with Crippen molar-refractivity contribution >= 4 is 32.7 Å². The molecule has 1 N–H and O–H groups in total. The summed E-state index contributed by atoms with van der Waals surface area (Å²) < 4.78 is 4.08. The summed E-state index contributed by atoms with van der Waals surface area (Å²) in [6, 6.07) is 0. The van der Waals surface area contributed by atoms with Crippen LogP contribution in [0.2, 0.25) is 0 Å². The topological polar surface area (TPSA) is 48.6 Å². The second kappa shape index (κ2) is 4.72. The molecule has 0 aromatic carbocycles. The molecule has 0 fully saturated rings. The lowest BCUT2D eigenvalue weighted by atomic mass is 10.6. The molecule has 0 saturated carbocycles. The number of amidine groups is 2. The molecule has 52 valence electrons. The molecule has 0 aromatic rings. The molecule has 0 rings (SSSR count). The number of rotatable bonds is 0. The Hall–Kier alpha value is -0.130. The number of hydrogen-bond acceptors (Lipinski definition) is 1. The van der Waals surface area contributed by atoms with Gasteiger partial charge in [-0.1, -0.05) is 0 Å². The van der Waals surface area contributed by atoms with Crippen LogP contribution in [0, 0.1) is 5.41 Å². The van der Waals surface area contributed by atoms with Crippen LogP contribution in [-0.4, -0.2) is 16.6 Å². The molecule has 0 aliphatic heterocycles. The van der Waals surface area contributed by atoms with Crippen molar-refractivity contribution in [1.82, 2.24) is 0 Å². The van der Waals surface area contributed by atoms with Gasteiger partial charge in [-0.15, -0.1) is 0 Å². The normalized spacial score (nSPS) is 13.4. The van der Waals surface area contributed by atoms with Crippen LogP contribution in [0.3, 0.4) is 0 Å². The van der Waals surface area contributed by atoms with Crippen LogP contribution in [0.1, 0.15) is 13.8 Å². The van der Waals surface area contributed by atoms with Gasteiger partial charge in [-0.25, -0.2) is 8.14 Å². The quantitative estimate of drug-likeness (QED) is 0.291. The van der Waals surface area contributed by atoms with E-state index in [9.17, 15) is 0 Å². The standard InChI is InChI=1S/C5H10IN3/c1-4(7)8-5(2)9-6-3/h7H,1-3H3. The summed E-state index contributed by atoms with van der Waals surface area (Å²) in [5.74, 6) is 1.06. The van der Waals surface area contributed by atoms with Crippen molar-refractivity contribution in [3.63, 3.8) is 0 Å². The number of hydrogen-bond donors (Lipinski definition) is 1. The monoisotopic (exact) mass is 239 g/mol. The fraction of sp³-hybridized carbons (Fsp3) is 0.600. The number of nitrogens with zero attached hydrogens (tertiary/aromatic N) is 2. The molecule has 0 saturated heterocycles. The van der Waals surface area contributed by atoms with Crippen molar-refractivity contribution in [3.05, 3.63) is 0 Å². The van der Waals surface area contributed by atoms with Gasteiger partial charge < -0.3 is 0 Å². The Kier molecular flexibility index (Phi) is 4.65. The van der Waals surface area contributed by atoms with E-state index in [1.54, 1.807) is 6.92 Å². The molecular formula is C5H10IN3. The van der Waals surface area contributed by atoms with Crippen molar-refractivity contribution in [1.29, 1.82) is 5.41 Å². The Morgan fingerprint density at radius 2 is 2.00 bits per heavy atom. The lowest BCUT2D eigenvalue weighted by Gasteiger charge is -1.86. The first-order valence-corrected chi connectivity index (χ1v) is 5.59. The molecule has 0 radical (unpaired) electrons. The third kappa shape index (κ3) is 5.75. The van der Waals surface area contributed by atoms with Crippen LogP contribution in [0.4, 0.5) is 0 Å². The Morgan fingerprint density at radius 1 is 1.44 bits per heavy atom. The zero-order valence-electron chi connectivity index (χ0n) is 5.77. The van der Waals surface area contributed by atoms with Crippen molar-refractivity contribution in [3.8, 4) is 0 Å². The first-order valence-electron chi connectivity index (χ1n) is 2.47. The van der Waals surface area contributed by atoms with Gasteiger partial charge in [0, 0.05) is 4.93 Å². The molecule has 0 spiro atoms. The summed E-state index contributed by atoms with van der Waals surface area (Å²) >= 11 is -0.0672. The molecule has 0 aliphatic carbocycles. The van der Waals surface area contributed by atoms with Crippen LogP contribution >= 0.6 is 21.0 Å². The highest BCUT2D eigenvalue weighted by Crippen LogP contribution is 1.93. The summed E-state index contributed by atoms with van der Waals surface area (Å²) in [5.41, 5.74) is 0. The third-order valence-corrected chi connectivity index (χ3v) is 1.72. The molecule has 4 heteroatoms. The molecule has 0 atom stereocenters. The van der Waals surface area contributed by atoms with E-state index in [0.29, 0.717) is 5.84 Å². The van der Waals surface area contributed by atoms with Gasteiger partial charge in [0.2, 0.25) is 0 Å². The van der Waals surface area contributed by atoms with E-state index in [1.807, 2.05) is 6.92 Å². The fourth-order valence-electron chi connectivity index (χ4n) is 0.384. The molecule has 3 nitrogen and oxygen atoms in total. The Balaban J connectivity index is 4.00. The van der Waals surface area contributed by atoms with Gasteiger partial charge in [0.15, 0.2) is 0 Å².